The quantitative estimate of drug-likeness (QED) is 0.693. The lowest BCUT2D eigenvalue weighted by Gasteiger charge is -2.35. The Kier molecular flexibility index (Phi) is 5.58. The minimum atomic E-state index is 0.0505. The molecular weight excluding hydrogens is 392 g/mol. The number of anilines is 3. The summed E-state index contributed by atoms with van der Waals surface area (Å²) in [4.78, 5) is 30.6. The summed E-state index contributed by atoms with van der Waals surface area (Å²) in [6.45, 7) is 10.4. The topological polar surface area (TPSA) is 92.1 Å². The standard InChI is InChI=1S/C22H28N8O/c1-14-6-7-23-18(12-14)26-19-13-20(25-17(4)24-19)29-8-10-30(11-9-29)22(31)21-15(2)27-28(5)16(21)3/h6-7,12-13H,8-11H2,1-5H3,(H,23,24,25,26). The molecule has 0 unspecified atom stereocenters. The lowest BCUT2D eigenvalue weighted by atomic mass is 10.1. The van der Waals surface area contributed by atoms with Gasteiger partial charge in [-0.1, -0.05) is 0 Å². The summed E-state index contributed by atoms with van der Waals surface area (Å²) in [5, 5.41) is 7.64. The van der Waals surface area contributed by atoms with E-state index in [1.807, 2.05) is 57.8 Å². The van der Waals surface area contributed by atoms with E-state index in [1.165, 1.54) is 0 Å². The number of nitrogens with zero attached hydrogens (tertiary/aromatic N) is 7. The molecule has 9 heteroatoms. The second-order valence-electron chi connectivity index (χ2n) is 7.95. The maximum atomic E-state index is 13.0. The van der Waals surface area contributed by atoms with Crippen molar-refractivity contribution >= 4 is 23.4 Å². The molecule has 1 amide bonds. The third-order valence-electron chi connectivity index (χ3n) is 5.61. The van der Waals surface area contributed by atoms with Gasteiger partial charge in [-0.25, -0.2) is 15.0 Å². The lowest BCUT2D eigenvalue weighted by Crippen LogP contribution is -2.49. The van der Waals surface area contributed by atoms with Crippen LogP contribution in [-0.4, -0.2) is 61.7 Å². The zero-order chi connectivity index (χ0) is 22.1. The van der Waals surface area contributed by atoms with Gasteiger partial charge in [0.15, 0.2) is 0 Å². The second-order valence-corrected chi connectivity index (χ2v) is 7.95. The van der Waals surface area contributed by atoms with Gasteiger partial charge in [-0.3, -0.25) is 9.48 Å². The molecule has 1 fully saturated rings. The summed E-state index contributed by atoms with van der Waals surface area (Å²) < 4.78 is 1.76. The monoisotopic (exact) mass is 420 g/mol. The van der Waals surface area contributed by atoms with Crippen molar-refractivity contribution in [1.29, 1.82) is 0 Å². The molecule has 0 aliphatic carbocycles. The molecule has 0 spiro atoms. The number of carbonyl (C=O) groups excluding carboxylic acids is 1. The molecule has 1 aliphatic rings. The number of hydrogen-bond donors (Lipinski definition) is 1. The Hall–Kier alpha value is -3.49. The number of nitrogens with one attached hydrogen (secondary N) is 1. The highest BCUT2D eigenvalue weighted by molar-refractivity contribution is 5.96. The van der Waals surface area contributed by atoms with Crippen LogP contribution in [0.4, 0.5) is 17.5 Å². The summed E-state index contributed by atoms with van der Waals surface area (Å²) in [6.07, 6.45) is 1.77. The van der Waals surface area contributed by atoms with E-state index in [9.17, 15) is 4.79 Å². The van der Waals surface area contributed by atoms with Crippen LogP contribution in [0.25, 0.3) is 0 Å². The third kappa shape index (κ3) is 4.35. The van der Waals surface area contributed by atoms with Gasteiger partial charge >= 0.3 is 0 Å². The van der Waals surface area contributed by atoms with Gasteiger partial charge in [-0.2, -0.15) is 5.10 Å². The highest BCUT2D eigenvalue weighted by Crippen LogP contribution is 2.22. The van der Waals surface area contributed by atoms with Crippen molar-refractivity contribution in [3.05, 3.63) is 52.7 Å². The van der Waals surface area contributed by atoms with Crippen LogP contribution in [-0.2, 0) is 7.05 Å². The minimum absolute atomic E-state index is 0.0505. The molecule has 31 heavy (non-hydrogen) atoms. The number of carbonyl (C=O) groups is 1. The first-order valence-corrected chi connectivity index (χ1v) is 10.4. The van der Waals surface area contributed by atoms with Gasteiger partial charge < -0.3 is 15.1 Å². The Balaban J connectivity index is 1.46. The Bertz CT molecular complexity index is 1110. The van der Waals surface area contributed by atoms with Crippen molar-refractivity contribution < 1.29 is 4.79 Å². The molecule has 0 radical (unpaired) electrons. The summed E-state index contributed by atoms with van der Waals surface area (Å²) in [5.74, 6) is 3.05. The van der Waals surface area contributed by atoms with Crippen LogP contribution >= 0.6 is 0 Å². The first kappa shape index (κ1) is 20.8. The van der Waals surface area contributed by atoms with Crippen molar-refractivity contribution in [2.24, 2.45) is 7.05 Å². The average molecular weight is 421 g/mol. The van der Waals surface area contributed by atoms with E-state index in [4.69, 9.17) is 0 Å². The zero-order valence-electron chi connectivity index (χ0n) is 18.7. The number of amides is 1. The molecule has 4 heterocycles. The fourth-order valence-corrected chi connectivity index (χ4v) is 3.89. The van der Waals surface area contributed by atoms with E-state index in [0.717, 1.165) is 28.6 Å². The molecule has 3 aromatic rings. The molecule has 1 aliphatic heterocycles. The number of aryl methyl sites for hydroxylation is 4. The van der Waals surface area contributed by atoms with Crippen LogP contribution in [0, 0.1) is 27.7 Å². The van der Waals surface area contributed by atoms with Crippen LogP contribution in [0.2, 0.25) is 0 Å². The number of aromatic nitrogens is 5. The van der Waals surface area contributed by atoms with Crippen LogP contribution in [0.1, 0.15) is 33.1 Å². The maximum absolute atomic E-state index is 13.0. The van der Waals surface area contributed by atoms with Crippen molar-refractivity contribution in [3.63, 3.8) is 0 Å². The molecule has 0 aromatic carbocycles. The highest BCUT2D eigenvalue weighted by Gasteiger charge is 2.27. The highest BCUT2D eigenvalue weighted by atomic mass is 16.2. The van der Waals surface area contributed by atoms with Gasteiger partial charge in [0.1, 0.15) is 23.3 Å². The zero-order valence-corrected chi connectivity index (χ0v) is 18.7. The van der Waals surface area contributed by atoms with E-state index in [0.29, 0.717) is 43.4 Å². The van der Waals surface area contributed by atoms with E-state index >= 15 is 0 Å². The Labute approximate surface area is 182 Å². The van der Waals surface area contributed by atoms with Gasteiger partial charge in [0.05, 0.1) is 11.3 Å². The molecule has 0 bridgehead atoms. The van der Waals surface area contributed by atoms with Crippen LogP contribution in [0.5, 0.6) is 0 Å². The van der Waals surface area contributed by atoms with Gasteiger partial charge in [-0.05, 0) is 45.4 Å². The van der Waals surface area contributed by atoms with E-state index < -0.39 is 0 Å². The van der Waals surface area contributed by atoms with Gasteiger partial charge in [0.2, 0.25) is 0 Å². The minimum Gasteiger partial charge on any atom is -0.353 e. The molecule has 0 saturated carbocycles. The summed E-state index contributed by atoms with van der Waals surface area (Å²) in [5.41, 5.74) is 3.52. The smallest absolute Gasteiger partial charge is 0.257 e. The Morgan fingerprint density at radius 2 is 1.74 bits per heavy atom. The number of hydrogen-bond acceptors (Lipinski definition) is 7. The van der Waals surface area contributed by atoms with Crippen LogP contribution in [0.15, 0.2) is 24.4 Å². The molecule has 1 N–H and O–H groups in total. The van der Waals surface area contributed by atoms with Gasteiger partial charge in [0, 0.05) is 51.2 Å². The molecule has 3 aromatic heterocycles. The van der Waals surface area contributed by atoms with Crippen LogP contribution < -0.4 is 10.2 Å². The first-order chi connectivity index (χ1) is 14.8. The molecule has 9 nitrogen and oxygen atoms in total. The molecule has 4 rings (SSSR count). The van der Waals surface area contributed by atoms with E-state index in [-0.39, 0.29) is 5.91 Å². The molecule has 162 valence electrons. The fraction of sp³-hybridized carbons (Fsp3) is 0.409. The number of rotatable bonds is 4. The normalized spacial score (nSPS) is 14.1. The Morgan fingerprint density at radius 3 is 2.39 bits per heavy atom. The largest absolute Gasteiger partial charge is 0.353 e. The van der Waals surface area contributed by atoms with Gasteiger partial charge in [-0.15, -0.1) is 0 Å². The molecular formula is C22H28N8O. The van der Waals surface area contributed by atoms with Crippen LogP contribution in [0.3, 0.4) is 0 Å². The Morgan fingerprint density at radius 1 is 1.00 bits per heavy atom. The maximum Gasteiger partial charge on any atom is 0.257 e. The summed E-state index contributed by atoms with van der Waals surface area (Å²) in [7, 11) is 1.87. The second kappa shape index (κ2) is 8.33. The molecule has 1 saturated heterocycles. The number of pyridine rings is 1. The van der Waals surface area contributed by atoms with Crippen molar-refractivity contribution in [3.8, 4) is 0 Å². The average Bonchev–Trinajstić information content (AvgIpc) is 2.98. The molecule has 0 atom stereocenters. The third-order valence-corrected chi connectivity index (χ3v) is 5.61. The predicted molar refractivity (Wildman–Crippen MR) is 120 cm³/mol. The predicted octanol–water partition coefficient (Wildman–Crippen LogP) is 2.54. The van der Waals surface area contributed by atoms with Gasteiger partial charge in [0.25, 0.3) is 5.91 Å². The SMILES string of the molecule is Cc1ccnc(Nc2cc(N3CCN(C(=O)c4c(C)nn(C)c4C)CC3)nc(C)n2)c1. The van der Waals surface area contributed by atoms with Crippen molar-refractivity contribution in [2.45, 2.75) is 27.7 Å². The summed E-state index contributed by atoms with van der Waals surface area (Å²) >= 11 is 0. The van der Waals surface area contributed by atoms with Crippen molar-refractivity contribution in [2.75, 3.05) is 36.4 Å². The lowest BCUT2D eigenvalue weighted by molar-refractivity contribution is 0.0745. The van der Waals surface area contributed by atoms with Crippen molar-refractivity contribution in [1.82, 2.24) is 29.6 Å². The first-order valence-electron chi connectivity index (χ1n) is 10.4. The van der Waals surface area contributed by atoms with E-state index in [2.05, 4.69) is 30.3 Å². The number of piperazine rings is 1. The summed E-state index contributed by atoms with van der Waals surface area (Å²) in [6, 6.07) is 5.87. The fourth-order valence-electron chi connectivity index (χ4n) is 3.89. The van der Waals surface area contributed by atoms with E-state index in [1.54, 1.807) is 10.9 Å².